The number of ether oxygens (including phenoxy) is 5. The van der Waals surface area contributed by atoms with Crippen LogP contribution in [0.15, 0.2) is 47.7 Å². The van der Waals surface area contributed by atoms with Gasteiger partial charge >= 0.3 is 5.97 Å². The Kier molecular flexibility index (Phi) is 3.35. The van der Waals surface area contributed by atoms with E-state index in [1.165, 1.54) is 0 Å². The molecular weight excluding hydrogens is 336 g/mol. The van der Waals surface area contributed by atoms with Gasteiger partial charge in [-0.2, -0.15) is 0 Å². The summed E-state index contributed by atoms with van der Waals surface area (Å²) in [5.74, 6) is 3.07. The van der Waals surface area contributed by atoms with E-state index in [2.05, 4.69) is 0 Å². The zero-order valence-electron chi connectivity index (χ0n) is 13.7. The number of hydrogen-bond acceptors (Lipinski definition) is 6. The molecule has 6 nitrogen and oxygen atoms in total. The lowest BCUT2D eigenvalue weighted by Crippen LogP contribution is -1.94. The molecule has 0 spiro atoms. The highest BCUT2D eigenvalue weighted by Gasteiger charge is 2.25. The smallest absolute Gasteiger partial charge is 0.339 e. The zero-order valence-corrected chi connectivity index (χ0v) is 13.7. The number of cyclic esters (lactones) is 1. The van der Waals surface area contributed by atoms with Crippen molar-refractivity contribution >= 4 is 18.1 Å². The van der Waals surface area contributed by atoms with Crippen molar-refractivity contribution in [2.75, 3.05) is 13.6 Å². The first-order valence-electron chi connectivity index (χ1n) is 8.17. The van der Waals surface area contributed by atoms with Crippen LogP contribution in [0.2, 0.25) is 0 Å². The summed E-state index contributed by atoms with van der Waals surface area (Å²) in [6.07, 6.45) is 4.08. The van der Waals surface area contributed by atoms with Crippen molar-refractivity contribution in [1.82, 2.24) is 0 Å². The lowest BCUT2D eigenvalue weighted by molar-refractivity contribution is -0.132. The van der Waals surface area contributed by atoms with Crippen LogP contribution in [0.3, 0.4) is 0 Å². The molecule has 1 saturated heterocycles. The minimum atomic E-state index is -0.338. The normalized spacial score (nSPS) is 20.1. The van der Waals surface area contributed by atoms with Crippen molar-refractivity contribution in [2.45, 2.75) is 6.42 Å². The fourth-order valence-electron chi connectivity index (χ4n) is 3.06. The third kappa shape index (κ3) is 2.65. The second-order valence-corrected chi connectivity index (χ2v) is 6.07. The van der Waals surface area contributed by atoms with Gasteiger partial charge in [0.1, 0.15) is 5.76 Å². The molecule has 5 rings (SSSR count). The Balaban J connectivity index is 1.38. The molecule has 3 heterocycles. The predicted molar refractivity (Wildman–Crippen MR) is 91.8 cm³/mol. The molecule has 0 unspecified atom stereocenters. The largest absolute Gasteiger partial charge is 0.454 e. The molecule has 0 aromatic heterocycles. The van der Waals surface area contributed by atoms with E-state index in [0.717, 1.165) is 16.9 Å². The van der Waals surface area contributed by atoms with Crippen LogP contribution in [0.1, 0.15) is 17.5 Å². The summed E-state index contributed by atoms with van der Waals surface area (Å²) < 4.78 is 26.7. The van der Waals surface area contributed by atoms with Gasteiger partial charge in [-0.05, 0) is 47.5 Å². The molecule has 2 aromatic carbocycles. The SMILES string of the molecule is O=C1O/C(=C/c2ccc3c(c2)OCO3)C/C1=C\c1ccc2c(c1)OCO2. The summed E-state index contributed by atoms with van der Waals surface area (Å²) in [7, 11) is 0. The van der Waals surface area contributed by atoms with Crippen molar-refractivity contribution < 1.29 is 28.5 Å². The molecule has 3 aliphatic rings. The molecule has 3 aliphatic heterocycles. The van der Waals surface area contributed by atoms with E-state index in [0.29, 0.717) is 35.0 Å². The molecule has 0 N–H and O–H groups in total. The maximum Gasteiger partial charge on any atom is 0.339 e. The second kappa shape index (κ2) is 5.84. The number of esters is 1. The summed E-state index contributed by atoms with van der Waals surface area (Å²) >= 11 is 0. The fraction of sp³-hybridized carbons (Fsp3) is 0.150. The van der Waals surface area contributed by atoms with E-state index in [-0.39, 0.29) is 19.6 Å². The third-order valence-corrected chi connectivity index (χ3v) is 4.31. The minimum absolute atomic E-state index is 0.222. The molecule has 2 aromatic rings. The average Bonchev–Trinajstić information content (AvgIpc) is 3.35. The molecule has 6 heteroatoms. The maximum absolute atomic E-state index is 12.2. The summed E-state index contributed by atoms with van der Waals surface area (Å²) in [6, 6.07) is 11.2. The van der Waals surface area contributed by atoms with Crippen molar-refractivity contribution in [2.24, 2.45) is 0 Å². The number of benzene rings is 2. The van der Waals surface area contributed by atoms with Gasteiger partial charge in [0, 0.05) is 12.0 Å². The van der Waals surface area contributed by atoms with E-state index < -0.39 is 0 Å². The van der Waals surface area contributed by atoms with E-state index in [1.54, 1.807) is 0 Å². The predicted octanol–water partition coefficient (Wildman–Crippen LogP) is 3.52. The van der Waals surface area contributed by atoms with Crippen molar-refractivity contribution in [3.05, 3.63) is 58.9 Å². The monoisotopic (exact) mass is 350 g/mol. The lowest BCUT2D eigenvalue weighted by Gasteiger charge is -1.99. The van der Waals surface area contributed by atoms with E-state index in [1.807, 2.05) is 48.6 Å². The first-order chi connectivity index (χ1) is 12.7. The lowest BCUT2D eigenvalue weighted by atomic mass is 10.1. The summed E-state index contributed by atoms with van der Waals surface area (Å²) in [5.41, 5.74) is 2.35. The highest BCUT2D eigenvalue weighted by molar-refractivity contribution is 5.98. The van der Waals surface area contributed by atoms with Gasteiger partial charge in [0.05, 0.1) is 0 Å². The van der Waals surface area contributed by atoms with Crippen molar-refractivity contribution in [1.29, 1.82) is 0 Å². The molecular formula is C20H14O6. The number of hydrogen-bond donors (Lipinski definition) is 0. The van der Waals surface area contributed by atoms with Gasteiger partial charge in [0.2, 0.25) is 13.6 Å². The number of carbonyl (C=O) groups is 1. The summed E-state index contributed by atoms with van der Waals surface area (Å²) in [4.78, 5) is 12.2. The second-order valence-electron chi connectivity index (χ2n) is 6.07. The quantitative estimate of drug-likeness (QED) is 0.610. The van der Waals surface area contributed by atoms with Gasteiger partial charge in [-0.1, -0.05) is 12.1 Å². The minimum Gasteiger partial charge on any atom is -0.454 e. The van der Waals surface area contributed by atoms with Gasteiger partial charge in [-0.15, -0.1) is 0 Å². The molecule has 0 bridgehead atoms. The highest BCUT2D eigenvalue weighted by atomic mass is 16.7. The Morgan fingerprint density at radius 2 is 1.31 bits per heavy atom. The standard InChI is InChI=1S/C20H14O6/c21-20-14(5-12-1-3-16-18(7-12)24-10-22-16)9-15(26-20)6-13-2-4-17-19(8-13)25-11-23-17/h1-8H,9-11H2/b14-5+,15-6+. The van der Waals surface area contributed by atoms with Crippen LogP contribution in [-0.2, 0) is 9.53 Å². The van der Waals surface area contributed by atoms with Crippen LogP contribution >= 0.6 is 0 Å². The molecule has 130 valence electrons. The topological polar surface area (TPSA) is 63.2 Å². The number of rotatable bonds is 2. The van der Waals surface area contributed by atoms with Gasteiger partial charge in [-0.25, -0.2) is 4.79 Å². The van der Waals surface area contributed by atoms with E-state index >= 15 is 0 Å². The molecule has 0 aliphatic carbocycles. The summed E-state index contributed by atoms with van der Waals surface area (Å²) in [6.45, 7) is 0.451. The van der Waals surface area contributed by atoms with Gasteiger partial charge < -0.3 is 23.7 Å². The number of fused-ring (bicyclic) bond motifs is 2. The Labute approximate surface area is 149 Å². The van der Waals surface area contributed by atoms with Crippen molar-refractivity contribution in [3.8, 4) is 23.0 Å². The van der Waals surface area contributed by atoms with E-state index in [9.17, 15) is 4.79 Å². The average molecular weight is 350 g/mol. The molecule has 0 radical (unpaired) electrons. The molecule has 0 atom stereocenters. The Hall–Kier alpha value is -3.41. The molecule has 0 amide bonds. The Morgan fingerprint density at radius 1 is 0.731 bits per heavy atom. The molecule has 1 fully saturated rings. The van der Waals surface area contributed by atoms with Gasteiger partial charge in [0.15, 0.2) is 23.0 Å². The van der Waals surface area contributed by atoms with Crippen LogP contribution in [-0.4, -0.2) is 19.6 Å². The van der Waals surface area contributed by atoms with Gasteiger partial charge in [-0.3, -0.25) is 0 Å². The molecule has 26 heavy (non-hydrogen) atoms. The molecule has 0 saturated carbocycles. The first kappa shape index (κ1) is 14.9. The zero-order chi connectivity index (χ0) is 17.5. The first-order valence-corrected chi connectivity index (χ1v) is 8.17. The number of allylic oxidation sites excluding steroid dienone is 1. The van der Waals surface area contributed by atoms with Crippen LogP contribution in [0.4, 0.5) is 0 Å². The van der Waals surface area contributed by atoms with Gasteiger partial charge in [0.25, 0.3) is 0 Å². The van der Waals surface area contributed by atoms with Crippen LogP contribution in [0, 0.1) is 0 Å². The Morgan fingerprint density at radius 3 is 1.96 bits per heavy atom. The van der Waals surface area contributed by atoms with Crippen LogP contribution in [0.5, 0.6) is 23.0 Å². The van der Waals surface area contributed by atoms with Crippen LogP contribution < -0.4 is 18.9 Å². The fourth-order valence-corrected chi connectivity index (χ4v) is 3.06. The Bertz CT molecular complexity index is 972. The highest BCUT2D eigenvalue weighted by Crippen LogP contribution is 2.36. The summed E-state index contributed by atoms with van der Waals surface area (Å²) in [5, 5.41) is 0. The number of carbonyl (C=O) groups excluding carboxylic acids is 1. The van der Waals surface area contributed by atoms with E-state index in [4.69, 9.17) is 23.7 Å². The third-order valence-electron chi connectivity index (χ3n) is 4.31. The maximum atomic E-state index is 12.2. The van der Waals surface area contributed by atoms with Crippen molar-refractivity contribution in [3.63, 3.8) is 0 Å². The van der Waals surface area contributed by atoms with Crippen LogP contribution in [0.25, 0.3) is 12.2 Å².